The third-order valence-electron chi connectivity index (χ3n) is 2.04. The molecule has 0 bridgehead atoms. The molecule has 0 spiro atoms. The number of rotatable bonds is 1. The zero-order chi connectivity index (χ0) is 9.40. The van der Waals surface area contributed by atoms with Crippen molar-refractivity contribution in [3.63, 3.8) is 0 Å². The van der Waals surface area contributed by atoms with Gasteiger partial charge in [0, 0.05) is 0 Å². The number of carbonyl (C=O) groups is 1. The van der Waals surface area contributed by atoms with Gasteiger partial charge in [-0.3, -0.25) is 0 Å². The van der Waals surface area contributed by atoms with Crippen LogP contribution in [0.4, 0.5) is 4.79 Å². The summed E-state index contributed by atoms with van der Waals surface area (Å²) < 4.78 is 0. The van der Waals surface area contributed by atoms with Crippen LogP contribution in [0.25, 0.3) is 0 Å². The van der Waals surface area contributed by atoms with E-state index in [1.807, 2.05) is 0 Å². The quantitative estimate of drug-likeness (QED) is 0.566. The van der Waals surface area contributed by atoms with Crippen LogP contribution in [0.15, 0.2) is 0 Å². The number of hydrogen-bond acceptors (Lipinski definition) is 2. The zero-order valence-corrected chi connectivity index (χ0v) is 7.42. The van der Waals surface area contributed by atoms with Crippen molar-refractivity contribution in [3.8, 4) is 0 Å². The van der Waals surface area contributed by atoms with Crippen LogP contribution < -0.4 is 5.32 Å². The fraction of sp³-hybridized carbons (Fsp3) is 0.875. The predicted molar refractivity (Wildman–Crippen MR) is 46.5 cm³/mol. The van der Waals surface area contributed by atoms with E-state index in [1.165, 1.54) is 32.4 Å². The van der Waals surface area contributed by atoms with E-state index >= 15 is 0 Å². The van der Waals surface area contributed by atoms with Crippen LogP contribution in [-0.4, -0.2) is 29.5 Å². The van der Waals surface area contributed by atoms with Crippen molar-refractivity contribution in [2.75, 3.05) is 13.1 Å². The van der Waals surface area contributed by atoms with E-state index < -0.39 is 6.16 Å². The number of nitrogens with one attached hydrogen (secondary N) is 1. The molecule has 0 radical (unpaired) electrons. The summed E-state index contributed by atoms with van der Waals surface area (Å²) in [5.41, 5.74) is 0. The molecule has 4 nitrogen and oxygen atoms in total. The van der Waals surface area contributed by atoms with Crippen molar-refractivity contribution >= 4 is 6.16 Å². The van der Waals surface area contributed by atoms with Gasteiger partial charge in [0.15, 0.2) is 0 Å². The van der Waals surface area contributed by atoms with Gasteiger partial charge < -0.3 is 15.5 Å². The van der Waals surface area contributed by atoms with Crippen molar-refractivity contribution in [2.24, 2.45) is 5.92 Å². The van der Waals surface area contributed by atoms with E-state index in [9.17, 15) is 0 Å². The second kappa shape index (κ2) is 6.91. The topological polar surface area (TPSA) is 69.6 Å². The summed E-state index contributed by atoms with van der Waals surface area (Å²) in [4.78, 5) is 8.56. The average molecular weight is 175 g/mol. The molecule has 0 aromatic carbocycles. The van der Waals surface area contributed by atoms with Gasteiger partial charge in [-0.15, -0.1) is 0 Å². The van der Waals surface area contributed by atoms with E-state index in [-0.39, 0.29) is 0 Å². The first-order valence-corrected chi connectivity index (χ1v) is 4.29. The highest BCUT2D eigenvalue weighted by molar-refractivity contribution is 5.53. The summed E-state index contributed by atoms with van der Waals surface area (Å²) in [6.45, 7) is 4.78. The molecule has 72 valence electrons. The first-order valence-electron chi connectivity index (χ1n) is 4.29. The van der Waals surface area contributed by atoms with Gasteiger partial charge in [0.2, 0.25) is 0 Å². The maximum atomic E-state index is 8.56. The van der Waals surface area contributed by atoms with Crippen LogP contribution in [0.1, 0.15) is 26.2 Å². The second-order valence-corrected chi connectivity index (χ2v) is 2.88. The summed E-state index contributed by atoms with van der Waals surface area (Å²) in [5.74, 6) is 1.02. The van der Waals surface area contributed by atoms with Gasteiger partial charge in [-0.1, -0.05) is 13.3 Å². The molecule has 1 aliphatic rings. The summed E-state index contributed by atoms with van der Waals surface area (Å²) in [5, 5.41) is 17.3. The SMILES string of the molecule is CCC1CCNCC1.O=C(O)O. The van der Waals surface area contributed by atoms with E-state index in [0.717, 1.165) is 5.92 Å². The van der Waals surface area contributed by atoms with Crippen molar-refractivity contribution < 1.29 is 15.0 Å². The van der Waals surface area contributed by atoms with Crippen LogP contribution in [0.3, 0.4) is 0 Å². The summed E-state index contributed by atoms with van der Waals surface area (Å²) >= 11 is 0. The Kier molecular flexibility index (Phi) is 6.47. The minimum absolute atomic E-state index is 1.02. The Morgan fingerprint density at radius 3 is 2.08 bits per heavy atom. The molecule has 1 aliphatic heterocycles. The Bertz CT molecular complexity index is 117. The second-order valence-electron chi connectivity index (χ2n) is 2.88. The Hall–Kier alpha value is -0.770. The lowest BCUT2D eigenvalue weighted by molar-refractivity contribution is 0.137. The lowest BCUT2D eigenvalue weighted by Crippen LogP contribution is -2.27. The molecule has 12 heavy (non-hydrogen) atoms. The van der Waals surface area contributed by atoms with Gasteiger partial charge in [0.1, 0.15) is 0 Å². The fourth-order valence-electron chi connectivity index (χ4n) is 1.29. The van der Waals surface area contributed by atoms with Crippen LogP contribution in [0.5, 0.6) is 0 Å². The summed E-state index contributed by atoms with van der Waals surface area (Å²) in [6.07, 6.45) is 2.34. The molecule has 0 saturated carbocycles. The molecule has 1 rings (SSSR count). The van der Waals surface area contributed by atoms with Crippen molar-refractivity contribution in [2.45, 2.75) is 26.2 Å². The summed E-state index contributed by atoms with van der Waals surface area (Å²) in [6, 6.07) is 0. The maximum Gasteiger partial charge on any atom is 0.503 e. The van der Waals surface area contributed by atoms with Gasteiger partial charge in [0.25, 0.3) is 0 Å². The van der Waals surface area contributed by atoms with Gasteiger partial charge >= 0.3 is 6.16 Å². The van der Waals surface area contributed by atoms with Gasteiger partial charge in [-0.05, 0) is 31.8 Å². The molecule has 0 aromatic heterocycles. The summed E-state index contributed by atoms with van der Waals surface area (Å²) in [7, 11) is 0. The monoisotopic (exact) mass is 175 g/mol. The third-order valence-corrected chi connectivity index (χ3v) is 2.04. The molecule has 0 atom stereocenters. The molecule has 1 fully saturated rings. The van der Waals surface area contributed by atoms with E-state index in [1.54, 1.807) is 0 Å². The largest absolute Gasteiger partial charge is 0.503 e. The molecular weight excluding hydrogens is 158 g/mol. The lowest BCUT2D eigenvalue weighted by Gasteiger charge is -2.20. The van der Waals surface area contributed by atoms with Gasteiger partial charge in [-0.2, -0.15) is 0 Å². The van der Waals surface area contributed by atoms with E-state index in [2.05, 4.69) is 12.2 Å². The highest BCUT2D eigenvalue weighted by Gasteiger charge is 2.08. The highest BCUT2D eigenvalue weighted by atomic mass is 16.6. The molecule has 0 amide bonds. The first kappa shape index (κ1) is 11.2. The number of carboxylic acid groups (broad SMARTS) is 2. The van der Waals surface area contributed by atoms with Crippen LogP contribution in [0.2, 0.25) is 0 Å². The molecule has 4 heteroatoms. The Morgan fingerprint density at radius 2 is 1.83 bits per heavy atom. The van der Waals surface area contributed by atoms with Crippen molar-refractivity contribution in [1.29, 1.82) is 0 Å². The average Bonchev–Trinajstić information content (AvgIpc) is 2.05. The lowest BCUT2D eigenvalue weighted by atomic mass is 9.96. The van der Waals surface area contributed by atoms with Crippen molar-refractivity contribution in [3.05, 3.63) is 0 Å². The van der Waals surface area contributed by atoms with Crippen molar-refractivity contribution in [1.82, 2.24) is 5.32 Å². The Labute approximate surface area is 72.6 Å². The molecule has 0 unspecified atom stereocenters. The molecular formula is C8H17NO3. The van der Waals surface area contributed by atoms with E-state index in [4.69, 9.17) is 15.0 Å². The maximum absolute atomic E-state index is 8.56. The highest BCUT2D eigenvalue weighted by Crippen LogP contribution is 2.13. The predicted octanol–water partition coefficient (Wildman–Crippen LogP) is 1.62. The van der Waals surface area contributed by atoms with Crippen LogP contribution in [0, 0.1) is 5.92 Å². The molecule has 3 N–H and O–H groups in total. The molecule has 0 aliphatic carbocycles. The minimum atomic E-state index is -1.83. The molecule has 0 aromatic rings. The van der Waals surface area contributed by atoms with Gasteiger partial charge in [0.05, 0.1) is 0 Å². The van der Waals surface area contributed by atoms with E-state index in [0.29, 0.717) is 0 Å². The Morgan fingerprint density at radius 1 is 1.42 bits per heavy atom. The minimum Gasteiger partial charge on any atom is -0.450 e. The first-order chi connectivity index (χ1) is 5.66. The standard InChI is InChI=1S/C7H15N.CH2O3/c1-2-7-3-5-8-6-4-7;2-1(3)4/h7-8H,2-6H2,1H3;(H2,2,3,4). The third kappa shape index (κ3) is 7.34. The van der Waals surface area contributed by atoms with Crippen LogP contribution in [-0.2, 0) is 0 Å². The molecule has 1 heterocycles. The number of piperidine rings is 1. The van der Waals surface area contributed by atoms with Crippen LogP contribution >= 0.6 is 0 Å². The fourth-order valence-corrected chi connectivity index (χ4v) is 1.29. The molecule has 1 saturated heterocycles. The Balaban J connectivity index is 0.000000261. The smallest absolute Gasteiger partial charge is 0.450 e. The van der Waals surface area contributed by atoms with Gasteiger partial charge in [-0.25, -0.2) is 4.79 Å². The normalized spacial score (nSPS) is 17.8. The number of hydrogen-bond donors (Lipinski definition) is 3. The zero-order valence-electron chi connectivity index (χ0n) is 7.42.